The predicted molar refractivity (Wildman–Crippen MR) is 113 cm³/mol. The molecule has 0 aliphatic carbocycles. The van der Waals surface area contributed by atoms with Gasteiger partial charge in [0.25, 0.3) is 0 Å². The maximum absolute atomic E-state index is 12.4. The highest BCUT2D eigenvalue weighted by molar-refractivity contribution is 5.93. The number of rotatable bonds is 7. The van der Waals surface area contributed by atoms with Crippen molar-refractivity contribution in [2.45, 2.75) is 45.2 Å². The number of benzene rings is 1. The molecule has 3 unspecified atom stereocenters. The first kappa shape index (κ1) is 21.0. The fourth-order valence-corrected chi connectivity index (χ4v) is 3.34. The molecule has 156 valence electrons. The van der Waals surface area contributed by atoms with Crippen molar-refractivity contribution in [3.8, 4) is 0 Å². The van der Waals surface area contributed by atoms with Gasteiger partial charge in [-0.15, -0.1) is 0 Å². The van der Waals surface area contributed by atoms with Crippen LogP contribution in [-0.4, -0.2) is 48.5 Å². The molecule has 3 rings (SSSR count). The normalized spacial score (nSPS) is 21.5. The van der Waals surface area contributed by atoms with Crippen molar-refractivity contribution < 1.29 is 9.59 Å². The number of amides is 3. The summed E-state index contributed by atoms with van der Waals surface area (Å²) in [5.74, 6) is -0.0171. The van der Waals surface area contributed by atoms with Crippen LogP contribution in [0.4, 0.5) is 10.5 Å². The fraction of sp³-hybridized carbons (Fsp3) is 0.450. The summed E-state index contributed by atoms with van der Waals surface area (Å²) >= 11 is 0. The number of carbonyl (C=O) groups excluding carboxylic acids is 2. The number of hydrogen-bond donors (Lipinski definition) is 6. The number of urea groups is 1. The summed E-state index contributed by atoms with van der Waals surface area (Å²) in [6.07, 6.45) is 4.96. The lowest BCUT2D eigenvalue weighted by Gasteiger charge is -2.36. The van der Waals surface area contributed by atoms with Crippen LogP contribution in [0.25, 0.3) is 10.8 Å². The molecule has 1 aromatic heterocycles. The van der Waals surface area contributed by atoms with Crippen LogP contribution in [0.1, 0.15) is 26.7 Å². The van der Waals surface area contributed by atoms with E-state index in [4.69, 9.17) is 0 Å². The summed E-state index contributed by atoms with van der Waals surface area (Å²) in [7, 11) is 0. The molecule has 1 saturated heterocycles. The molecule has 2 aromatic rings. The Morgan fingerprint density at radius 1 is 1.17 bits per heavy atom. The third kappa shape index (κ3) is 6.67. The van der Waals surface area contributed by atoms with E-state index in [2.05, 4.69) is 43.8 Å². The van der Waals surface area contributed by atoms with Gasteiger partial charge in [0.05, 0.1) is 6.17 Å². The number of hydrogen-bond acceptors (Lipinski definition) is 6. The first-order valence-corrected chi connectivity index (χ1v) is 9.91. The van der Waals surface area contributed by atoms with Crippen LogP contribution in [0.15, 0.2) is 36.7 Å². The lowest BCUT2D eigenvalue weighted by atomic mass is 10.1. The van der Waals surface area contributed by atoms with Crippen molar-refractivity contribution in [3.05, 3.63) is 36.7 Å². The van der Waals surface area contributed by atoms with E-state index in [1.54, 1.807) is 12.4 Å². The van der Waals surface area contributed by atoms with Gasteiger partial charge in [0.15, 0.2) is 0 Å². The van der Waals surface area contributed by atoms with Gasteiger partial charge in [0, 0.05) is 43.0 Å². The molecule has 9 heteroatoms. The average molecular weight is 399 g/mol. The Bertz CT molecular complexity index is 844. The zero-order valence-corrected chi connectivity index (χ0v) is 16.8. The standard InChI is InChI=1S/C20H29N7O2/c1-13-10-18(23-8-3-7-22-14(2)28)26-19(24-13)27-20(29)25-17-5-4-15-6-9-21-12-16(15)11-17/h4-6,9,11-13,18-19,23-24,26H,3,7-8,10H2,1-2H3,(H,22,28)(H2,25,27,29). The molecule has 6 N–H and O–H groups in total. The number of fused-ring (bicyclic) bond motifs is 1. The van der Waals surface area contributed by atoms with E-state index < -0.39 is 0 Å². The van der Waals surface area contributed by atoms with E-state index in [1.807, 2.05) is 24.3 Å². The molecule has 1 aromatic carbocycles. The molecule has 1 fully saturated rings. The molecule has 0 spiro atoms. The summed E-state index contributed by atoms with van der Waals surface area (Å²) < 4.78 is 0. The summed E-state index contributed by atoms with van der Waals surface area (Å²) in [5, 5.41) is 20.7. The maximum atomic E-state index is 12.4. The lowest BCUT2D eigenvalue weighted by Crippen LogP contribution is -2.67. The molecule has 1 aliphatic heterocycles. The fourth-order valence-electron chi connectivity index (χ4n) is 3.34. The maximum Gasteiger partial charge on any atom is 0.321 e. The second-order valence-corrected chi connectivity index (χ2v) is 7.28. The van der Waals surface area contributed by atoms with Gasteiger partial charge in [0.1, 0.15) is 6.29 Å². The smallest absolute Gasteiger partial charge is 0.321 e. The number of pyridine rings is 1. The monoisotopic (exact) mass is 399 g/mol. The van der Waals surface area contributed by atoms with Crippen LogP contribution in [-0.2, 0) is 4.79 Å². The Labute approximate surface area is 170 Å². The second kappa shape index (κ2) is 10.1. The molecule has 0 saturated carbocycles. The average Bonchev–Trinajstić information content (AvgIpc) is 2.67. The largest absolute Gasteiger partial charge is 0.356 e. The van der Waals surface area contributed by atoms with E-state index in [9.17, 15) is 9.59 Å². The minimum Gasteiger partial charge on any atom is -0.356 e. The highest BCUT2D eigenvalue weighted by Gasteiger charge is 2.25. The molecular weight excluding hydrogens is 370 g/mol. The molecule has 1 aliphatic rings. The highest BCUT2D eigenvalue weighted by atomic mass is 16.2. The number of anilines is 1. The van der Waals surface area contributed by atoms with Crippen LogP contribution in [0.2, 0.25) is 0 Å². The topological polar surface area (TPSA) is 119 Å². The van der Waals surface area contributed by atoms with E-state index in [-0.39, 0.29) is 30.4 Å². The van der Waals surface area contributed by atoms with E-state index in [0.29, 0.717) is 12.2 Å². The quantitative estimate of drug-likeness (QED) is 0.388. The first-order chi connectivity index (χ1) is 14.0. The summed E-state index contributed by atoms with van der Waals surface area (Å²) in [4.78, 5) is 27.4. The van der Waals surface area contributed by atoms with Crippen LogP contribution in [0.3, 0.4) is 0 Å². The Morgan fingerprint density at radius 2 is 2.03 bits per heavy atom. The molecule has 2 heterocycles. The van der Waals surface area contributed by atoms with Gasteiger partial charge < -0.3 is 21.3 Å². The van der Waals surface area contributed by atoms with Crippen molar-refractivity contribution in [2.24, 2.45) is 0 Å². The molecule has 3 amide bonds. The number of aromatic nitrogens is 1. The van der Waals surface area contributed by atoms with Crippen molar-refractivity contribution >= 4 is 28.4 Å². The van der Waals surface area contributed by atoms with Crippen molar-refractivity contribution in [3.63, 3.8) is 0 Å². The van der Waals surface area contributed by atoms with Crippen molar-refractivity contribution in [2.75, 3.05) is 18.4 Å². The van der Waals surface area contributed by atoms with Gasteiger partial charge in [-0.05, 0) is 49.9 Å². The molecule has 9 nitrogen and oxygen atoms in total. The van der Waals surface area contributed by atoms with Gasteiger partial charge in [-0.25, -0.2) is 4.79 Å². The predicted octanol–water partition coefficient (Wildman–Crippen LogP) is 1.05. The van der Waals surface area contributed by atoms with Crippen LogP contribution < -0.4 is 31.9 Å². The lowest BCUT2D eigenvalue weighted by molar-refractivity contribution is -0.118. The van der Waals surface area contributed by atoms with Crippen LogP contribution in [0.5, 0.6) is 0 Å². The number of nitrogens with one attached hydrogen (secondary N) is 6. The SMILES string of the molecule is CC(=O)NCCCNC1CC(C)NC(NC(=O)Nc2ccc3ccncc3c2)N1. The number of nitrogens with zero attached hydrogens (tertiary/aromatic N) is 1. The summed E-state index contributed by atoms with van der Waals surface area (Å²) in [5.41, 5.74) is 0.708. The minimum absolute atomic E-state index is 0.0171. The van der Waals surface area contributed by atoms with E-state index in [0.717, 1.165) is 30.2 Å². The van der Waals surface area contributed by atoms with Crippen LogP contribution in [0, 0.1) is 0 Å². The van der Waals surface area contributed by atoms with E-state index in [1.165, 1.54) is 6.92 Å². The first-order valence-electron chi connectivity index (χ1n) is 9.91. The zero-order valence-electron chi connectivity index (χ0n) is 16.8. The molecule has 0 radical (unpaired) electrons. The van der Waals surface area contributed by atoms with Gasteiger partial charge in [0.2, 0.25) is 5.91 Å². The van der Waals surface area contributed by atoms with Gasteiger partial charge in [-0.3, -0.25) is 20.4 Å². The Hall–Kier alpha value is -2.75. The zero-order chi connectivity index (χ0) is 20.6. The Morgan fingerprint density at radius 3 is 2.86 bits per heavy atom. The molecule has 0 bridgehead atoms. The molecule has 29 heavy (non-hydrogen) atoms. The van der Waals surface area contributed by atoms with Crippen molar-refractivity contribution in [1.82, 2.24) is 31.6 Å². The van der Waals surface area contributed by atoms with Crippen LogP contribution >= 0.6 is 0 Å². The van der Waals surface area contributed by atoms with Gasteiger partial charge in [-0.1, -0.05) is 6.07 Å². The molecule has 3 atom stereocenters. The van der Waals surface area contributed by atoms with Gasteiger partial charge >= 0.3 is 6.03 Å². The Kier molecular flexibility index (Phi) is 7.34. The Balaban J connectivity index is 1.46. The minimum atomic E-state index is -0.353. The second-order valence-electron chi connectivity index (χ2n) is 7.28. The summed E-state index contributed by atoms with van der Waals surface area (Å²) in [6.45, 7) is 5.01. The van der Waals surface area contributed by atoms with E-state index >= 15 is 0 Å². The number of carbonyl (C=O) groups is 2. The summed E-state index contributed by atoms with van der Waals surface area (Å²) in [6, 6.07) is 7.59. The highest BCUT2D eigenvalue weighted by Crippen LogP contribution is 2.17. The van der Waals surface area contributed by atoms with Crippen molar-refractivity contribution in [1.29, 1.82) is 0 Å². The third-order valence-electron chi connectivity index (χ3n) is 4.70. The molecular formula is C20H29N7O2. The third-order valence-corrected chi connectivity index (χ3v) is 4.70. The van der Waals surface area contributed by atoms with Gasteiger partial charge in [-0.2, -0.15) is 0 Å².